The van der Waals surface area contributed by atoms with Gasteiger partial charge in [-0.25, -0.2) is 9.79 Å². The van der Waals surface area contributed by atoms with E-state index in [-0.39, 0.29) is 11.7 Å². The molecule has 0 spiro atoms. The molecule has 138 valence electrons. The van der Waals surface area contributed by atoms with Gasteiger partial charge in [-0.3, -0.25) is 4.79 Å². The first-order chi connectivity index (χ1) is 13.0. The van der Waals surface area contributed by atoms with E-state index in [2.05, 4.69) is 11.9 Å². The second kappa shape index (κ2) is 8.45. The first-order valence-corrected chi connectivity index (χ1v) is 8.95. The first kappa shape index (κ1) is 18.6. The summed E-state index contributed by atoms with van der Waals surface area (Å²) in [5.41, 5.74) is 3.03. The Kier molecular flexibility index (Phi) is 5.81. The number of nitrogens with zero attached hydrogens (tertiary/aromatic N) is 1. The van der Waals surface area contributed by atoms with Crippen molar-refractivity contribution in [3.63, 3.8) is 0 Å². The Labute approximate surface area is 158 Å². The summed E-state index contributed by atoms with van der Waals surface area (Å²) >= 11 is 0. The van der Waals surface area contributed by atoms with Crippen molar-refractivity contribution in [3.05, 3.63) is 70.9 Å². The number of esters is 2. The molecule has 0 atom stereocenters. The lowest BCUT2D eigenvalue weighted by Gasteiger charge is -2.02. The zero-order valence-corrected chi connectivity index (χ0v) is 15.4. The second-order valence-corrected chi connectivity index (χ2v) is 6.30. The van der Waals surface area contributed by atoms with E-state index < -0.39 is 5.97 Å². The van der Waals surface area contributed by atoms with Crippen LogP contribution in [0.2, 0.25) is 0 Å². The molecule has 0 saturated heterocycles. The summed E-state index contributed by atoms with van der Waals surface area (Å²) in [5, 5.41) is 0. The van der Waals surface area contributed by atoms with Gasteiger partial charge in [-0.2, -0.15) is 0 Å². The fourth-order valence-electron chi connectivity index (χ4n) is 2.68. The minimum Gasteiger partial charge on any atom is -0.427 e. The molecule has 0 bridgehead atoms. The average molecular weight is 363 g/mol. The number of hydrogen-bond acceptors (Lipinski definition) is 5. The number of aliphatic imine (C=N–C) groups is 1. The third kappa shape index (κ3) is 4.91. The Morgan fingerprint density at radius 3 is 2.44 bits per heavy atom. The minimum atomic E-state index is -0.482. The summed E-state index contributed by atoms with van der Waals surface area (Å²) in [6.07, 6.45) is 4.99. The van der Waals surface area contributed by atoms with Gasteiger partial charge < -0.3 is 9.47 Å². The zero-order valence-electron chi connectivity index (χ0n) is 15.4. The average Bonchev–Trinajstić information content (AvgIpc) is 3.02. The molecular formula is C22H21NO4. The molecule has 5 heteroatoms. The largest absolute Gasteiger partial charge is 0.427 e. The summed E-state index contributed by atoms with van der Waals surface area (Å²) in [4.78, 5) is 27.4. The lowest BCUT2D eigenvalue weighted by molar-refractivity contribution is -0.132. The van der Waals surface area contributed by atoms with Gasteiger partial charge in [0.25, 0.3) is 0 Å². The summed E-state index contributed by atoms with van der Waals surface area (Å²) < 4.78 is 10.3. The monoisotopic (exact) mass is 363 g/mol. The van der Waals surface area contributed by atoms with E-state index >= 15 is 0 Å². The van der Waals surface area contributed by atoms with Crippen LogP contribution >= 0.6 is 0 Å². The van der Waals surface area contributed by atoms with E-state index in [0.29, 0.717) is 11.6 Å². The van der Waals surface area contributed by atoms with Crippen LogP contribution in [-0.4, -0.2) is 17.8 Å². The number of ether oxygens (including phenoxy) is 2. The van der Waals surface area contributed by atoms with Crippen LogP contribution in [0.3, 0.4) is 0 Å². The molecule has 1 aliphatic heterocycles. The van der Waals surface area contributed by atoms with Gasteiger partial charge in [-0.1, -0.05) is 37.6 Å². The highest BCUT2D eigenvalue weighted by molar-refractivity contribution is 6.12. The van der Waals surface area contributed by atoms with Crippen LogP contribution < -0.4 is 4.74 Å². The normalized spacial score (nSPS) is 14.8. The number of carbonyl (C=O) groups excluding carboxylic acids is 2. The first-order valence-electron chi connectivity index (χ1n) is 8.95. The van der Waals surface area contributed by atoms with Gasteiger partial charge in [0.2, 0.25) is 5.90 Å². The van der Waals surface area contributed by atoms with Crippen molar-refractivity contribution in [2.45, 2.75) is 33.1 Å². The van der Waals surface area contributed by atoms with Crippen molar-refractivity contribution in [2.75, 3.05) is 0 Å². The molecule has 0 aromatic heterocycles. The molecule has 3 rings (SSSR count). The fraction of sp³-hybridized carbons (Fsp3) is 0.227. The van der Waals surface area contributed by atoms with Crippen molar-refractivity contribution >= 4 is 23.9 Å². The van der Waals surface area contributed by atoms with Crippen molar-refractivity contribution in [3.8, 4) is 5.75 Å². The highest BCUT2D eigenvalue weighted by Gasteiger charge is 2.24. The minimum absolute atomic E-state index is 0.236. The maximum absolute atomic E-state index is 12.1. The summed E-state index contributed by atoms with van der Waals surface area (Å²) in [6, 6.07) is 14.7. The van der Waals surface area contributed by atoms with Gasteiger partial charge in [0.05, 0.1) is 0 Å². The van der Waals surface area contributed by atoms with Crippen LogP contribution in [0.15, 0.2) is 59.2 Å². The Morgan fingerprint density at radius 2 is 1.81 bits per heavy atom. The molecule has 27 heavy (non-hydrogen) atoms. The predicted molar refractivity (Wildman–Crippen MR) is 103 cm³/mol. The number of carbonyl (C=O) groups is 2. The number of hydrogen-bond donors (Lipinski definition) is 0. The number of unbranched alkanes of at least 4 members (excludes halogenated alkanes) is 1. The molecule has 1 aliphatic rings. The predicted octanol–water partition coefficient (Wildman–Crippen LogP) is 4.30. The standard InChI is InChI=1S/C22H21NO4/c1-3-4-5-16-6-10-18(11-7-16)21-23-20(22(25)27-21)14-17-8-12-19(13-9-17)26-15(2)24/h6-14H,3-5H2,1-2H3/b20-14-. The third-order valence-corrected chi connectivity index (χ3v) is 4.09. The van der Waals surface area contributed by atoms with Crippen molar-refractivity contribution < 1.29 is 19.1 Å². The van der Waals surface area contributed by atoms with Gasteiger partial charge >= 0.3 is 11.9 Å². The van der Waals surface area contributed by atoms with Gasteiger partial charge in [0, 0.05) is 12.5 Å². The van der Waals surface area contributed by atoms with E-state index in [0.717, 1.165) is 30.4 Å². The lowest BCUT2D eigenvalue weighted by atomic mass is 10.1. The number of rotatable bonds is 6. The van der Waals surface area contributed by atoms with E-state index in [9.17, 15) is 9.59 Å². The maximum Gasteiger partial charge on any atom is 0.363 e. The Bertz CT molecular complexity index is 893. The smallest absolute Gasteiger partial charge is 0.363 e. The molecular weight excluding hydrogens is 342 g/mol. The molecule has 0 N–H and O–H groups in total. The van der Waals surface area contributed by atoms with E-state index in [1.807, 2.05) is 24.3 Å². The van der Waals surface area contributed by atoms with Crippen LogP contribution in [-0.2, 0) is 20.7 Å². The summed E-state index contributed by atoms with van der Waals surface area (Å²) in [6.45, 7) is 3.51. The Balaban J connectivity index is 1.75. The molecule has 0 amide bonds. The van der Waals surface area contributed by atoms with Gasteiger partial charge in [0.1, 0.15) is 5.75 Å². The summed E-state index contributed by atoms with van der Waals surface area (Å²) in [7, 11) is 0. The van der Waals surface area contributed by atoms with Crippen molar-refractivity contribution in [2.24, 2.45) is 4.99 Å². The van der Waals surface area contributed by atoms with Gasteiger partial charge in [0.15, 0.2) is 5.70 Å². The maximum atomic E-state index is 12.1. The quantitative estimate of drug-likeness (QED) is 0.436. The number of cyclic esters (lactones) is 1. The molecule has 0 fully saturated rings. The second-order valence-electron chi connectivity index (χ2n) is 6.30. The SMILES string of the molecule is CCCCc1ccc(C2=N/C(=C\c3ccc(OC(C)=O)cc3)C(=O)O2)cc1. The highest BCUT2D eigenvalue weighted by Crippen LogP contribution is 2.21. The fourth-order valence-corrected chi connectivity index (χ4v) is 2.68. The van der Waals surface area contributed by atoms with Crippen LogP contribution in [0.1, 0.15) is 43.4 Å². The molecule has 2 aromatic rings. The lowest BCUT2D eigenvalue weighted by Crippen LogP contribution is -2.05. The number of aryl methyl sites for hydroxylation is 1. The van der Waals surface area contributed by atoms with Gasteiger partial charge in [-0.15, -0.1) is 0 Å². The highest BCUT2D eigenvalue weighted by atomic mass is 16.6. The third-order valence-electron chi connectivity index (χ3n) is 4.09. The van der Waals surface area contributed by atoms with Crippen LogP contribution in [0.5, 0.6) is 5.75 Å². The molecule has 0 radical (unpaired) electrons. The molecule has 1 heterocycles. The van der Waals surface area contributed by atoms with E-state index in [1.54, 1.807) is 30.3 Å². The molecule has 2 aromatic carbocycles. The van der Waals surface area contributed by atoms with Crippen molar-refractivity contribution in [1.29, 1.82) is 0 Å². The number of benzene rings is 2. The molecule has 5 nitrogen and oxygen atoms in total. The molecule has 0 aliphatic carbocycles. The van der Waals surface area contributed by atoms with Gasteiger partial charge in [-0.05, 0) is 54.3 Å². The molecule has 0 unspecified atom stereocenters. The Hall–Kier alpha value is -3.21. The van der Waals surface area contributed by atoms with E-state index in [4.69, 9.17) is 9.47 Å². The summed E-state index contributed by atoms with van der Waals surface area (Å²) in [5.74, 6) is -0.102. The van der Waals surface area contributed by atoms with Crippen LogP contribution in [0, 0.1) is 0 Å². The topological polar surface area (TPSA) is 65.0 Å². The van der Waals surface area contributed by atoms with Crippen LogP contribution in [0.25, 0.3) is 6.08 Å². The Morgan fingerprint density at radius 1 is 1.11 bits per heavy atom. The molecule has 0 saturated carbocycles. The van der Waals surface area contributed by atoms with Crippen LogP contribution in [0.4, 0.5) is 0 Å². The van der Waals surface area contributed by atoms with Crippen molar-refractivity contribution in [1.82, 2.24) is 0 Å². The zero-order chi connectivity index (χ0) is 19.2. The van der Waals surface area contributed by atoms with E-state index in [1.165, 1.54) is 12.5 Å².